The van der Waals surface area contributed by atoms with Gasteiger partial charge in [-0.2, -0.15) is 0 Å². The maximum Gasteiger partial charge on any atom is 0.227 e. The Morgan fingerprint density at radius 2 is 2.06 bits per heavy atom. The number of benzene rings is 1. The smallest absolute Gasteiger partial charge is 0.227 e. The number of carbonyl (C=O) groups is 1. The third-order valence-corrected chi connectivity index (χ3v) is 5.65. The van der Waals surface area contributed by atoms with Gasteiger partial charge in [0.05, 0.1) is 19.2 Å². The summed E-state index contributed by atoms with van der Waals surface area (Å²) in [7, 11) is 3.48. The lowest BCUT2D eigenvalue weighted by atomic mass is 9.93. The third-order valence-electron chi connectivity index (χ3n) is 5.65. The van der Waals surface area contributed by atoms with Crippen molar-refractivity contribution >= 4 is 24.1 Å². The maximum absolute atomic E-state index is 13.0. The fraction of sp³-hybridized carbons (Fsp3) is 0.333. The fourth-order valence-electron chi connectivity index (χ4n) is 4.00. The normalized spacial score (nSPS) is 15.6. The van der Waals surface area contributed by atoms with E-state index in [9.17, 15) is 4.79 Å². The Bertz CT molecular complexity index is 1050. The highest BCUT2D eigenvalue weighted by atomic mass is 35.5. The molecule has 1 aromatic carbocycles. The highest BCUT2D eigenvalue weighted by Gasteiger charge is 2.27. The van der Waals surface area contributed by atoms with Crippen LogP contribution < -0.4 is 10.1 Å². The molecule has 1 N–H and O–H groups in total. The van der Waals surface area contributed by atoms with E-state index in [-0.39, 0.29) is 24.2 Å². The molecule has 1 aliphatic heterocycles. The Morgan fingerprint density at radius 3 is 2.81 bits per heavy atom. The number of pyridine rings is 1. The summed E-state index contributed by atoms with van der Waals surface area (Å²) in [6.07, 6.45) is 5.78. The molecule has 7 nitrogen and oxygen atoms in total. The summed E-state index contributed by atoms with van der Waals surface area (Å²) < 4.78 is 5.40. The van der Waals surface area contributed by atoms with Crippen molar-refractivity contribution < 1.29 is 9.53 Å². The minimum absolute atomic E-state index is 0. The van der Waals surface area contributed by atoms with Crippen molar-refractivity contribution in [2.45, 2.75) is 25.2 Å². The quantitative estimate of drug-likeness (QED) is 0.608. The number of amides is 1. The fourth-order valence-corrected chi connectivity index (χ4v) is 4.00. The molecular formula is C24H28ClN5O2. The number of ether oxygens (including phenoxy) is 1. The van der Waals surface area contributed by atoms with E-state index in [1.807, 2.05) is 54.4 Å². The Morgan fingerprint density at radius 1 is 1.22 bits per heavy atom. The topological polar surface area (TPSA) is 80.2 Å². The number of rotatable bonds is 6. The molecule has 1 aliphatic rings. The van der Waals surface area contributed by atoms with Crippen LogP contribution >= 0.6 is 12.4 Å². The van der Waals surface area contributed by atoms with Gasteiger partial charge in [0.1, 0.15) is 11.6 Å². The monoisotopic (exact) mass is 453 g/mol. The van der Waals surface area contributed by atoms with Crippen molar-refractivity contribution in [2.75, 3.05) is 32.6 Å². The highest BCUT2D eigenvalue weighted by Crippen LogP contribution is 2.29. The molecule has 0 bridgehead atoms. The number of anilines is 1. The molecule has 4 rings (SSSR count). The number of carbonyl (C=O) groups excluding carboxylic acids is 1. The average molecular weight is 454 g/mol. The van der Waals surface area contributed by atoms with Gasteiger partial charge in [0.25, 0.3) is 0 Å². The number of para-hydroxylation sites is 1. The molecule has 1 unspecified atom stereocenters. The van der Waals surface area contributed by atoms with Crippen LogP contribution in [-0.4, -0.2) is 53.0 Å². The lowest BCUT2D eigenvalue weighted by Gasteiger charge is -2.33. The van der Waals surface area contributed by atoms with Crippen LogP contribution in [-0.2, 0) is 11.2 Å². The molecule has 1 saturated heterocycles. The first-order valence-corrected chi connectivity index (χ1v) is 10.5. The van der Waals surface area contributed by atoms with Gasteiger partial charge < -0.3 is 15.0 Å². The molecule has 0 aliphatic carbocycles. The van der Waals surface area contributed by atoms with Crippen molar-refractivity contribution in [1.29, 1.82) is 0 Å². The van der Waals surface area contributed by atoms with E-state index < -0.39 is 0 Å². The zero-order valence-electron chi connectivity index (χ0n) is 18.3. The summed E-state index contributed by atoms with van der Waals surface area (Å²) in [5.41, 5.74) is 2.74. The zero-order valence-corrected chi connectivity index (χ0v) is 19.1. The predicted molar refractivity (Wildman–Crippen MR) is 127 cm³/mol. The first-order chi connectivity index (χ1) is 15.2. The Hall–Kier alpha value is -3.19. The second-order valence-corrected chi connectivity index (χ2v) is 7.66. The van der Waals surface area contributed by atoms with Gasteiger partial charge in [0, 0.05) is 55.6 Å². The van der Waals surface area contributed by atoms with Gasteiger partial charge in [-0.3, -0.25) is 9.78 Å². The van der Waals surface area contributed by atoms with E-state index >= 15 is 0 Å². The van der Waals surface area contributed by atoms with Crippen molar-refractivity contribution in [3.05, 3.63) is 66.1 Å². The van der Waals surface area contributed by atoms with E-state index in [1.165, 1.54) is 0 Å². The average Bonchev–Trinajstić information content (AvgIpc) is 2.84. The number of piperidine rings is 1. The second-order valence-electron chi connectivity index (χ2n) is 7.66. The zero-order chi connectivity index (χ0) is 21.6. The summed E-state index contributed by atoms with van der Waals surface area (Å²) in [6.45, 7) is 1.42. The number of hydrogen-bond donors (Lipinski definition) is 1. The summed E-state index contributed by atoms with van der Waals surface area (Å²) in [4.78, 5) is 28.6. The van der Waals surface area contributed by atoms with Crippen molar-refractivity contribution in [3.8, 4) is 17.1 Å². The van der Waals surface area contributed by atoms with Crippen LogP contribution in [0.3, 0.4) is 0 Å². The molecule has 1 atom stereocenters. The third kappa shape index (κ3) is 5.34. The maximum atomic E-state index is 13.0. The largest absolute Gasteiger partial charge is 0.496 e. The number of methoxy groups -OCH3 is 1. The van der Waals surface area contributed by atoms with Gasteiger partial charge in [0.2, 0.25) is 5.91 Å². The first-order valence-electron chi connectivity index (χ1n) is 10.5. The molecule has 32 heavy (non-hydrogen) atoms. The molecule has 1 amide bonds. The van der Waals surface area contributed by atoms with E-state index in [0.29, 0.717) is 18.8 Å². The molecule has 1 fully saturated rings. The molecule has 168 valence electrons. The summed E-state index contributed by atoms with van der Waals surface area (Å²) in [5, 5.41) is 3.13. The van der Waals surface area contributed by atoms with Crippen LogP contribution in [0.15, 0.2) is 54.9 Å². The van der Waals surface area contributed by atoms with Crippen molar-refractivity contribution in [1.82, 2.24) is 19.9 Å². The predicted octanol–water partition coefficient (Wildman–Crippen LogP) is 3.96. The number of aromatic nitrogens is 3. The van der Waals surface area contributed by atoms with Crippen LogP contribution in [0.4, 0.5) is 5.82 Å². The number of nitrogens with one attached hydrogen (secondary N) is 1. The van der Waals surface area contributed by atoms with Crippen molar-refractivity contribution in [3.63, 3.8) is 0 Å². The molecule has 0 saturated carbocycles. The van der Waals surface area contributed by atoms with Crippen molar-refractivity contribution in [2.24, 2.45) is 0 Å². The minimum Gasteiger partial charge on any atom is -0.496 e. The van der Waals surface area contributed by atoms with Crippen LogP contribution in [0.1, 0.15) is 30.0 Å². The lowest BCUT2D eigenvalue weighted by molar-refractivity contribution is -0.131. The van der Waals surface area contributed by atoms with Gasteiger partial charge in [-0.05, 0) is 31.0 Å². The Balaban J connectivity index is 0.00000289. The molecule has 2 aromatic heterocycles. The number of hydrogen-bond acceptors (Lipinski definition) is 6. The van der Waals surface area contributed by atoms with Gasteiger partial charge >= 0.3 is 0 Å². The van der Waals surface area contributed by atoms with Gasteiger partial charge in [0.15, 0.2) is 5.82 Å². The van der Waals surface area contributed by atoms with E-state index in [2.05, 4.69) is 15.3 Å². The number of halogens is 1. The summed E-state index contributed by atoms with van der Waals surface area (Å²) >= 11 is 0. The molecule has 3 heterocycles. The van der Waals surface area contributed by atoms with Crippen LogP contribution in [0.25, 0.3) is 11.4 Å². The molecule has 0 radical (unpaired) electrons. The summed E-state index contributed by atoms with van der Waals surface area (Å²) in [6, 6.07) is 13.5. The van der Waals surface area contributed by atoms with E-state index in [0.717, 1.165) is 47.8 Å². The molecule has 0 spiro atoms. The Labute approximate surface area is 194 Å². The molecule has 3 aromatic rings. The number of likely N-dealkylation sites (tertiary alicyclic amines) is 1. The van der Waals surface area contributed by atoms with Gasteiger partial charge in [-0.25, -0.2) is 9.97 Å². The van der Waals surface area contributed by atoms with Crippen LogP contribution in [0.2, 0.25) is 0 Å². The standard InChI is InChI=1S/C24H27N5O2.ClH/c1-25-22-14-20(27-24(28-22)18-8-5-11-26-15-18)19-9-6-12-29(16-19)23(30)13-17-7-3-4-10-21(17)31-2;/h3-5,7-8,10-11,14-15,19H,6,9,12-13,16H2,1-2H3,(H,25,27,28);1H. The van der Waals surface area contributed by atoms with Crippen LogP contribution in [0.5, 0.6) is 5.75 Å². The minimum atomic E-state index is 0. The van der Waals surface area contributed by atoms with Gasteiger partial charge in [-0.15, -0.1) is 12.4 Å². The second kappa shape index (κ2) is 10.9. The Kier molecular flexibility index (Phi) is 8.00. The van der Waals surface area contributed by atoms with E-state index in [4.69, 9.17) is 9.72 Å². The first kappa shape index (κ1) is 23.5. The van der Waals surface area contributed by atoms with E-state index in [1.54, 1.807) is 19.5 Å². The van der Waals surface area contributed by atoms with Gasteiger partial charge in [-0.1, -0.05) is 18.2 Å². The highest BCUT2D eigenvalue weighted by molar-refractivity contribution is 5.85. The lowest BCUT2D eigenvalue weighted by Crippen LogP contribution is -2.40. The molecule has 8 heteroatoms. The molecular weight excluding hydrogens is 426 g/mol. The number of nitrogens with zero attached hydrogens (tertiary/aromatic N) is 4. The SMILES string of the molecule is CNc1cc(C2CCCN(C(=O)Cc3ccccc3OC)C2)nc(-c2cccnc2)n1.Cl. The summed E-state index contributed by atoms with van der Waals surface area (Å²) in [5.74, 6) is 2.44. The van der Waals surface area contributed by atoms with Crippen LogP contribution in [0, 0.1) is 0 Å².